The van der Waals surface area contributed by atoms with Crippen LogP contribution in [-0.4, -0.2) is 29.2 Å². The Kier molecular flexibility index (Phi) is 5.36. The Morgan fingerprint density at radius 1 is 1.39 bits per heavy atom. The highest BCUT2D eigenvalue weighted by Gasteiger charge is 2.52. The second-order valence-corrected chi connectivity index (χ2v) is 6.61. The lowest BCUT2D eigenvalue weighted by Gasteiger charge is -2.08. The fourth-order valence-corrected chi connectivity index (χ4v) is 2.54. The van der Waals surface area contributed by atoms with E-state index in [0.29, 0.717) is 11.5 Å². The van der Waals surface area contributed by atoms with Crippen LogP contribution in [0.4, 0.5) is 5.69 Å². The van der Waals surface area contributed by atoms with E-state index in [4.69, 9.17) is 9.47 Å². The van der Waals surface area contributed by atoms with E-state index in [-0.39, 0.29) is 24.0 Å². The zero-order chi connectivity index (χ0) is 17.0. The fraction of sp³-hybridized carbons (Fsp3) is 0.588. The molecule has 6 heteroatoms. The van der Waals surface area contributed by atoms with Crippen LogP contribution in [0.25, 0.3) is 0 Å². The third kappa shape index (κ3) is 4.76. The Morgan fingerprint density at radius 2 is 2.04 bits per heavy atom. The molecular formula is C17H23NO5. The lowest BCUT2D eigenvalue weighted by atomic mass is 9.97. The lowest BCUT2D eigenvalue weighted by Crippen LogP contribution is -2.17. The van der Waals surface area contributed by atoms with Crippen molar-refractivity contribution >= 4 is 11.7 Å². The van der Waals surface area contributed by atoms with Gasteiger partial charge >= 0.3 is 5.97 Å². The van der Waals surface area contributed by atoms with Gasteiger partial charge in [0.15, 0.2) is 0 Å². The van der Waals surface area contributed by atoms with Crippen molar-refractivity contribution in [3.63, 3.8) is 0 Å². The number of nitro benzene ring substituents is 1. The quantitative estimate of drug-likeness (QED) is 0.315. The van der Waals surface area contributed by atoms with Gasteiger partial charge in [0.05, 0.1) is 16.1 Å². The number of benzene rings is 1. The van der Waals surface area contributed by atoms with Gasteiger partial charge in [-0.15, -0.1) is 0 Å². The van der Waals surface area contributed by atoms with E-state index in [0.717, 1.165) is 19.3 Å². The number of nitro groups is 1. The number of hydrogen-bond acceptors (Lipinski definition) is 5. The van der Waals surface area contributed by atoms with E-state index in [1.165, 1.54) is 24.3 Å². The van der Waals surface area contributed by atoms with Gasteiger partial charge in [0.25, 0.3) is 5.69 Å². The van der Waals surface area contributed by atoms with Crippen molar-refractivity contribution in [1.82, 2.24) is 0 Å². The minimum atomic E-state index is -0.504. The highest BCUT2D eigenvalue weighted by molar-refractivity contribution is 5.89. The van der Waals surface area contributed by atoms with Crippen LogP contribution in [0.5, 0.6) is 0 Å². The van der Waals surface area contributed by atoms with Crippen LogP contribution in [0.2, 0.25) is 0 Å². The molecule has 0 saturated carbocycles. The summed E-state index contributed by atoms with van der Waals surface area (Å²) in [6.07, 6.45) is 3.16. The molecule has 1 fully saturated rings. The molecular weight excluding hydrogens is 298 g/mol. The summed E-state index contributed by atoms with van der Waals surface area (Å²) in [5, 5.41) is 10.6. The van der Waals surface area contributed by atoms with Crippen LogP contribution in [0.15, 0.2) is 24.3 Å². The van der Waals surface area contributed by atoms with Gasteiger partial charge < -0.3 is 9.47 Å². The molecule has 0 N–H and O–H groups in total. The average Bonchev–Trinajstić information content (AvgIpc) is 3.15. The first-order valence-corrected chi connectivity index (χ1v) is 7.91. The number of hydrogen-bond donors (Lipinski definition) is 0. The maximum Gasteiger partial charge on any atom is 0.338 e. The predicted octanol–water partition coefficient (Wildman–Crippen LogP) is 3.74. The summed E-state index contributed by atoms with van der Waals surface area (Å²) in [5.41, 5.74) is 0.0625. The molecule has 0 aromatic heterocycles. The van der Waals surface area contributed by atoms with E-state index in [1.807, 2.05) is 6.92 Å². The van der Waals surface area contributed by atoms with E-state index >= 15 is 0 Å². The highest BCUT2D eigenvalue weighted by atomic mass is 16.6. The number of non-ortho nitro benzene ring substituents is 1. The van der Waals surface area contributed by atoms with Gasteiger partial charge in [0, 0.05) is 12.1 Å². The second-order valence-electron chi connectivity index (χ2n) is 6.61. The Labute approximate surface area is 135 Å². The van der Waals surface area contributed by atoms with Crippen molar-refractivity contribution in [1.29, 1.82) is 0 Å². The Bertz CT molecular complexity index is 569. The van der Waals surface area contributed by atoms with Crippen LogP contribution in [0.3, 0.4) is 0 Å². The number of carbonyl (C=O) groups is 1. The molecule has 23 heavy (non-hydrogen) atoms. The largest absolute Gasteiger partial charge is 0.459 e. The van der Waals surface area contributed by atoms with Gasteiger partial charge in [-0.3, -0.25) is 10.1 Å². The number of carbonyl (C=O) groups excluding carboxylic acids is 1. The van der Waals surface area contributed by atoms with Crippen molar-refractivity contribution in [3.8, 4) is 0 Å². The minimum absolute atomic E-state index is 0.0511. The molecule has 2 unspecified atom stereocenters. The summed E-state index contributed by atoms with van der Waals surface area (Å²) in [5.74, 6) is 0.190. The fourth-order valence-electron chi connectivity index (χ4n) is 2.54. The summed E-state index contributed by atoms with van der Waals surface area (Å²) >= 11 is 0. The van der Waals surface area contributed by atoms with Crippen molar-refractivity contribution in [3.05, 3.63) is 39.9 Å². The Hall–Kier alpha value is -1.95. The zero-order valence-corrected chi connectivity index (χ0v) is 13.8. The van der Waals surface area contributed by atoms with Gasteiger partial charge in [-0.05, 0) is 31.4 Å². The molecule has 0 amide bonds. The summed E-state index contributed by atoms with van der Waals surface area (Å²) in [7, 11) is 0. The van der Waals surface area contributed by atoms with E-state index in [2.05, 4.69) is 13.8 Å². The molecule has 0 spiro atoms. The van der Waals surface area contributed by atoms with Crippen molar-refractivity contribution < 1.29 is 19.2 Å². The van der Waals surface area contributed by atoms with E-state index in [1.54, 1.807) is 0 Å². The number of ether oxygens (including phenoxy) is 2. The van der Waals surface area contributed by atoms with Gasteiger partial charge in [-0.1, -0.05) is 26.7 Å². The number of rotatable bonds is 8. The monoisotopic (exact) mass is 321 g/mol. The maximum atomic E-state index is 11.9. The zero-order valence-electron chi connectivity index (χ0n) is 13.8. The lowest BCUT2D eigenvalue weighted by molar-refractivity contribution is -0.384. The van der Waals surface area contributed by atoms with Gasteiger partial charge in [-0.2, -0.15) is 0 Å². The summed E-state index contributed by atoms with van der Waals surface area (Å²) < 4.78 is 10.9. The molecule has 1 heterocycles. The number of epoxide rings is 1. The van der Waals surface area contributed by atoms with Crippen LogP contribution in [0, 0.1) is 16.0 Å². The molecule has 1 aromatic rings. The molecule has 1 aliphatic rings. The molecule has 2 atom stereocenters. The molecule has 126 valence electrons. The third-order valence-electron chi connectivity index (χ3n) is 4.17. The normalized spacial score (nSPS) is 22.9. The van der Waals surface area contributed by atoms with Crippen LogP contribution < -0.4 is 0 Å². The first-order chi connectivity index (χ1) is 10.8. The average molecular weight is 321 g/mol. The first-order valence-electron chi connectivity index (χ1n) is 7.91. The van der Waals surface area contributed by atoms with Crippen molar-refractivity contribution in [2.24, 2.45) is 5.92 Å². The van der Waals surface area contributed by atoms with Gasteiger partial charge in [-0.25, -0.2) is 4.79 Å². The molecule has 0 bridgehead atoms. The van der Waals surface area contributed by atoms with Gasteiger partial charge in [0.2, 0.25) is 0 Å². The third-order valence-corrected chi connectivity index (χ3v) is 4.17. The topological polar surface area (TPSA) is 82.0 Å². The maximum absolute atomic E-state index is 11.9. The standard InChI is InChI=1S/C17H23NO5/c1-12(2)5-4-10-17(3)15(23-17)11-22-16(19)13-6-8-14(9-7-13)18(20)21/h6-9,12,15H,4-5,10-11H2,1-3H3. The highest BCUT2D eigenvalue weighted by Crippen LogP contribution is 2.41. The molecule has 6 nitrogen and oxygen atoms in total. The van der Waals surface area contributed by atoms with Crippen LogP contribution >= 0.6 is 0 Å². The molecule has 0 radical (unpaired) electrons. The van der Waals surface area contributed by atoms with Crippen molar-refractivity contribution in [2.75, 3.05) is 6.61 Å². The second kappa shape index (κ2) is 7.08. The Morgan fingerprint density at radius 3 is 2.61 bits per heavy atom. The van der Waals surface area contributed by atoms with Crippen LogP contribution in [-0.2, 0) is 9.47 Å². The van der Waals surface area contributed by atoms with Crippen molar-refractivity contribution in [2.45, 2.75) is 51.7 Å². The molecule has 1 saturated heterocycles. The summed E-state index contributed by atoms with van der Waals surface area (Å²) in [6, 6.07) is 5.38. The summed E-state index contributed by atoms with van der Waals surface area (Å²) in [6.45, 7) is 6.64. The minimum Gasteiger partial charge on any atom is -0.459 e. The summed E-state index contributed by atoms with van der Waals surface area (Å²) in [4.78, 5) is 22.0. The van der Waals surface area contributed by atoms with E-state index in [9.17, 15) is 14.9 Å². The first kappa shape index (κ1) is 17.4. The SMILES string of the molecule is CC(C)CCCC1(C)OC1COC(=O)c1ccc([N+](=O)[O-])cc1. The van der Waals surface area contributed by atoms with Crippen LogP contribution in [0.1, 0.15) is 50.4 Å². The molecule has 1 aromatic carbocycles. The number of nitrogens with zero attached hydrogens (tertiary/aromatic N) is 1. The Balaban J connectivity index is 1.76. The number of esters is 1. The smallest absolute Gasteiger partial charge is 0.338 e. The molecule has 0 aliphatic carbocycles. The van der Waals surface area contributed by atoms with Gasteiger partial charge in [0.1, 0.15) is 12.7 Å². The molecule has 1 aliphatic heterocycles. The van der Waals surface area contributed by atoms with E-state index < -0.39 is 10.9 Å². The molecule has 2 rings (SSSR count). The predicted molar refractivity (Wildman–Crippen MR) is 85.3 cm³/mol.